The van der Waals surface area contributed by atoms with E-state index in [1.54, 1.807) is 0 Å². The van der Waals surface area contributed by atoms with Crippen LogP contribution in [0.5, 0.6) is 0 Å². The molecule has 20 heavy (non-hydrogen) atoms. The average Bonchev–Trinajstić information content (AvgIpc) is 2.32. The highest BCUT2D eigenvalue weighted by Crippen LogP contribution is 2.09. The first-order valence-corrected chi connectivity index (χ1v) is 7.03. The molecule has 0 atom stereocenters. The Bertz CT molecular complexity index is 298. The maximum atomic E-state index is 11.9. The largest absolute Gasteiger partial charge is 0.481 e. The zero-order valence-corrected chi connectivity index (χ0v) is 13.0. The van der Waals surface area contributed by atoms with Gasteiger partial charge in [-0.15, -0.1) is 0 Å². The Labute approximate surface area is 121 Å². The van der Waals surface area contributed by atoms with Crippen molar-refractivity contribution in [2.45, 2.75) is 59.0 Å². The summed E-state index contributed by atoms with van der Waals surface area (Å²) >= 11 is 0. The van der Waals surface area contributed by atoms with Crippen LogP contribution in [0, 0.1) is 0 Å². The molecule has 0 heterocycles. The van der Waals surface area contributed by atoms with Crippen molar-refractivity contribution in [2.75, 3.05) is 19.9 Å². The molecule has 0 radical (unpaired) electrons. The first-order chi connectivity index (χ1) is 9.26. The van der Waals surface area contributed by atoms with Gasteiger partial charge in [0.15, 0.2) is 0 Å². The number of carboxylic acids is 1. The number of aliphatic carboxylic acids is 1. The van der Waals surface area contributed by atoms with Crippen LogP contribution in [0.2, 0.25) is 0 Å². The minimum atomic E-state index is -0.874. The first-order valence-electron chi connectivity index (χ1n) is 7.03. The van der Waals surface area contributed by atoms with E-state index in [2.05, 4.69) is 0 Å². The molecule has 0 bridgehead atoms. The Hall–Kier alpha value is -1.30. The molecule has 1 amide bonds. The van der Waals surface area contributed by atoms with Gasteiger partial charge in [0, 0.05) is 13.0 Å². The van der Waals surface area contributed by atoms with Crippen molar-refractivity contribution >= 4 is 12.1 Å². The summed E-state index contributed by atoms with van der Waals surface area (Å²) in [5, 5.41) is 8.63. The van der Waals surface area contributed by atoms with Gasteiger partial charge in [0.25, 0.3) is 0 Å². The number of carbonyl (C=O) groups is 2. The number of amides is 1. The van der Waals surface area contributed by atoms with Crippen LogP contribution in [-0.2, 0) is 14.3 Å². The maximum Gasteiger partial charge on any atom is 0.411 e. The Morgan fingerprint density at radius 3 is 2.35 bits per heavy atom. The number of unbranched alkanes of at least 4 members (excludes halogenated alkanes) is 1. The van der Waals surface area contributed by atoms with E-state index < -0.39 is 12.1 Å². The topological polar surface area (TPSA) is 76.1 Å². The fourth-order valence-corrected chi connectivity index (χ4v) is 1.30. The highest BCUT2D eigenvalue weighted by molar-refractivity contribution is 5.68. The lowest BCUT2D eigenvalue weighted by Crippen LogP contribution is -2.38. The van der Waals surface area contributed by atoms with E-state index in [4.69, 9.17) is 14.6 Å². The summed E-state index contributed by atoms with van der Waals surface area (Å²) in [6.45, 7) is 8.49. The standard InChI is InChI=1S/C14H27NO5/c1-5-6-10-19-13(18)15(9-7-8-12(16)17)11-20-14(2,3)4/h5-11H2,1-4H3,(H,16,17). The van der Waals surface area contributed by atoms with E-state index >= 15 is 0 Å². The number of ether oxygens (including phenoxy) is 2. The van der Waals surface area contributed by atoms with Gasteiger partial charge in [-0.25, -0.2) is 4.79 Å². The molecule has 0 aliphatic rings. The van der Waals surface area contributed by atoms with Gasteiger partial charge in [-0.1, -0.05) is 13.3 Å². The third kappa shape index (κ3) is 10.6. The Kier molecular flexibility index (Phi) is 8.96. The monoisotopic (exact) mass is 289 g/mol. The van der Waals surface area contributed by atoms with Gasteiger partial charge >= 0.3 is 12.1 Å². The summed E-state index contributed by atoms with van der Waals surface area (Å²) in [4.78, 5) is 23.8. The maximum absolute atomic E-state index is 11.9. The van der Waals surface area contributed by atoms with Crippen molar-refractivity contribution in [3.63, 3.8) is 0 Å². The number of carboxylic acid groups (broad SMARTS) is 1. The minimum absolute atomic E-state index is 0.0221. The number of carbonyl (C=O) groups excluding carboxylic acids is 1. The smallest absolute Gasteiger partial charge is 0.411 e. The van der Waals surface area contributed by atoms with Crippen LogP contribution in [0.15, 0.2) is 0 Å². The highest BCUT2D eigenvalue weighted by atomic mass is 16.6. The van der Waals surface area contributed by atoms with E-state index in [-0.39, 0.29) is 18.8 Å². The Morgan fingerprint density at radius 1 is 1.20 bits per heavy atom. The summed E-state index contributed by atoms with van der Waals surface area (Å²) in [5.41, 5.74) is -0.366. The molecule has 6 nitrogen and oxygen atoms in total. The quantitative estimate of drug-likeness (QED) is 0.522. The van der Waals surface area contributed by atoms with Crippen LogP contribution in [0.1, 0.15) is 53.4 Å². The van der Waals surface area contributed by atoms with Crippen molar-refractivity contribution in [1.82, 2.24) is 4.90 Å². The molecule has 0 aliphatic carbocycles. The number of nitrogens with zero attached hydrogens (tertiary/aromatic N) is 1. The van der Waals surface area contributed by atoms with E-state index in [1.165, 1.54) is 4.90 Å². The first kappa shape index (κ1) is 18.7. The van der Waals surface area contributed by atoms with E-state index in [0.29, 0.717) is 19.6 Å². The lowest BCUT2D eigenvalue weighted by Gasteiger charge is -2.27. The fourth-order valence-electron chi connectivity index (χ4n) is 1.30. The lowest BCUT2D eigenvalue weighted by atomic mass is 10.2. The molecule has 0 aromatic carbocycles. The lowest BCUT2D eigenvalue weighted by molar-refractivity contribution is -0.137. The predicted octanol–water partition coefficient (Wildman–Crippen LogP) is 2.86. The van der Waals surface area contributed by atoms with Gasteiger partial charge in [-0.3, -0.25) is 9.69 Å². The van der Waals surface area contributed by atoms with Gasteiger partial charge in [0.2, 0.25) is 0 Å². The third-order valence-corrected chi connectivity index (χ3v) is 2.45. The average molecular weight is 289 g/mol. The minimum Gasteiger partial charge on any atom is -0.481 e. The van der Waals surface area contributed by atoms with Gasteiger partial charge in [0.1, 0.15) is 6.73 Å². The molecule has 0 saturated heterocycles. The van der Waals surface area contributed by atoms with Crippen molar-refractivity contribution < 1.29 is 24.2 Å². The third-order valence-electron chi connectivity index (χ3n) is 2.45. The van der Waals surface area contributed by atoms with E-state index in [0.717, 1.165) is 12.8 Å². The van der Waals surface area contributed by atoms with Gasteiger partial charge in [-0.2, -0.15) is 0 Å². The van der Waals surface area contributed by atoms with Crippen molar-refractivity contribution in [3.05, 3.63) is 0 Å². The SMILES string of the molecule is CCCCOC(=O)N(CCCC(=O)O)COC(C)(C)C. The Morgan fingerprint density at radius 2 is 1.85 bits per heavy atom. The van der Waals surface area contributed by atoms with Crippen molar-refractivity contribution in [2.24, 2.45) is 0 Å². The predicted molar refractivity (Wildman–Crippen MR) is 75.5 cm³/mol. The molecule has 0 aromatic heterocycles. The van der Waals surface area contributed by atoms with Crippen LogP contribution >= 0.6 is 0 Å². The molecule has 6 heteroatoms. The molecule has 0 saturated carbocycles. The second-order valence-corrected chi connectivity index (χ2v) is 5.61. The van der Waals surface area contributed by atoms with Gasteiger partial charge < -0.3 is 14.6 Å². The second-order valence-electron chi connectivity index (χ2n) is 5.61. The molecule has 1 N–H and O–H groups in total. The van der Waals surface area contributed by atoms with Gasteiger partial charge in [-0.05, 0) is 33.6 Å². The Balaban J connectivity index is 4.29. The summed E-state index contributed by atoms with van der Waals surface area (Å²) in [6.07, 6.45) is 1.72. The number of hydrogen-bond donors (Lipinski definition) is 1. The molecule has 0 aromatic rings. The summed E-state index contributed by atoms with van der Waals surface area (Å²) in [6, 6.07) is 0. The summed E-state index contributed by atoms with van der Waals surface area (Å²) in [5.74, 6) is -0.874. The fraction of sp³-hybridized carbons (Fsp3) is 0.857. The van der Waals surface area contributed by atoms with Crippen molar-refractivity contribution in [1.29, 1.82) is 0 Å². The van der Waals surface area contributed by atoms with E-state index in [1.807, 2.05) is 27.7 Å². The molecule has 118 valence electrons. The normalized spacial score (nSPS) is 11.2. The molecule has 0 aliphatic heterocycles. The zero-order chi connectivity index (χ0) is 15.6. The molecular formula is C14H27NO5. The summed E-state index contributed by atoms with van der Waals surface area (Å²) in [7, 11) is 0. The zero-order valence-electron chi connectivity index (χ0n) is 13.0. The second kappa shape index (κ2) is 9.58. The molecule has 0 fully saturated rings. The van der Waals surface area contributed by atoms with Crippen LogP contribution < -0.4 is 0 Å². The number of hydrogen-bond acceptors (Lipinski definition) is 4. The number of rotatable bonds is 9. The summed E-state index contributed by atoms with van der Waals surface area (Å²) < 4.78 is 10.7. The molecule has 0 spiro atoms. The molecule has 0 rings (SSSR count). The van der Waals surface area contributed by atoms with Gasteiger partial charge in [0.05, 0.1) is 12.2 Å². The van der Waals surface area contributed by atoms with Crippen LogP contribution in [-0.4, -0.2) is 47.6 Å². The highest BCUT2D eigenvalue weighted by Gasteiger charge is 2.19. The van der Waals surface area contributed by atoms with Crippen LogP contribution in [0.4, 0.5) is 4.79 Å². The molecule has 0 unspecified atom stereocenters. The van der Waals surface area contributed by atoms with E-state index in [9.17, 15) is 9.59 Å². The molecular weight excluding hydrogens is 262 g/mol. The van der Waals surface area contributed by atoms with Crippen LogP contribution in [0.3, 0.4) is 0 Å². The van der Waals surface area contributed by atoms with Crippen molar-refractivity contribution in [3.8, 4) is 0 Å². The van der Waals surface area contributed by atoms with Crippen LogP contribution in [0.25, 0.3) is 0 Å².